The van der Waals surface area contributed by atoms with Gasteiger partial charge in [-0.25, -0.2) is 0 Å². The van der Waals surface area contributed by atoms with Crippen molar-refractivity contribution in [3.8, 4) is 0 Å². The Hall–Kier alpha value is -0.570. The zero-order valence-corrected chi connectivity index (χ0v) is 7.89. The van der Waals surface area contributed by atoms with Crippen LogP contribution in [-0.2, 0) is 4.79 Å². The van der Waals surface area contributed by atoms with Crippen LogP contribution in [0, 0.1) is 0 Å². The van der Waals surface area contributed by atoms with E-state index in [4.69, 9.17) is 0 Å². The van der Waals surface area contributed by atoms with Gasteiger partial charge in [0.15, 0.2) is 0 Å². The van der Waals surface area contributed by atoms with E-state index >= 15 is 0 Å². The third-order valence-corrected chi connectivity index (χ3v) is 2.28. The van der Waals surface area contributed by atoms with Crippen LogP contribution in [0.15, 0.2) is 0 Å². The molecule has 0 aliphatic carbocycles. The van der Waals surface area contributed by atoms with Gasteiger partial charge in [0.25, 0.3) is 0 Å². The summed E-state index contributed by atoms with van der Waals surface area (Å²) in [5, 5.41) is 6.12. The lowest BCUT2D eigenvalue weighted by molar-refractivity contribution is -0.123. The Morgan fingerprint density at radius 3 is 2.92 bits per heavy atom. The van der Waals surface area contributed by atoms with E-state index in [-0.39, 0.29) is 11.9 Å². The summed E-state index contributed by atoms with van der Waals surface area (Å²) in [6.07, 6.45) is 3.34. The molecule has 3 heteroatoms. The van der Waals surface area contributed by atoms with E-state index in [0.29, 0.717) is 6.04 Å². The molecule has 2 N–H and O–H groups in total. The van der Waals surface area contributed by atoms with E-state index in [2.05, 4.69) is 17.6 Å². The molecule has 0 aromatic rings. The van der Waals surface area contributed by atoms with Gasteiger partial charge >= 0.3 is 0 Å². The molecule has 0 bridgehead atoms. The third kappa shape index (κ3) is 2.48. The molecule has 12 heavy (non-hydrogen) atoms. The van der Waals surface area contributed by atoms with E-state index in [0.717, 1.165) is 19.4 Å². The lowest BCUT2D eigenvalue weighted by Gasteiger charge is -2.27. The van der Waals surface area contributed by atoms with Crippen LogP contribution in [0.3, 0.4) is 0 Å². The second-order valence-electron chi connectivity index (χ2n) is 3.45. The first kappa shape index (κ1) is 9.52. The molecular formula is C9H18N2O. The van der Waals surface area contributed by atoms with Crippen molar-refractivity contribution in [3.05, 3.63) is 0 Å². The molecule has 0 aromatic carbocycles. The summed E-state index contributed by atoms with van der Waals surface area (Å²) >= 11 is 0. The van der Waals surface area contributed by atoms with Crippen molar-refractivity contribution in [1.29, 1.82) is 0 Å². The number of rotatable bonds is 2. The molecule has 1 aliphatic rings. The smallest absolute Gasteiger partial charge is 0.237 e. The minimum atomic E-state index is 0.0497. The van der Waals surface area contributed by atoms with Crippen LogP contribution in [0.5, 0.6) is 0 Å². The van der Waals surface area contributed by atoms with Crippen molar-refractivity contribution in [2.24, 2.45) is 0 Å². The molecule has 1 aliphatic heterocycles. The predicted molar refractivity (Wildman–Crippen MR) is 48.9 cm³/mol. The molecule has 1 saturated heterocycles. The highest BCUT2D eigenvalue weighted by atomic mass is 16.2. The molecule has 1 heterocycles. The van der Waals surface area contributed by atoms with Crippen LogP contribution < -0.4 is 10.6 Å². The zero-order chi connectivity index (χ0) is 8.97. The van der Waals surface area contributed by atoms with Crippen LogP contribution in [-0.4, -0.2) is 24.5 Å². The molecule has 0 aromatic heterocycles. The van der Waals surface area contributed by atoms with Crippen molar-refractivity contribution in [2.45, 2.75) is 45.2 Å². The zero-order valence-electron chi connectivity index (χ0n) is 7.89. The maximum atomic E-state index is 11.4. The first-order valence-corrected chi connectivity index (χ1v) is 4.77. The quantitative estimate of drug-likeness (QED) is 0.639. The lowest BCUT2D eigenvalue weighted by Crippen LogP contribution is -2.49. The normalized spacial score (nSPS) is 29.8. The Bertz CT molecular complexity index is 159. The molecule has 3 nitrogen and oxygen atoms in total. The monoisotopic (exact) mass is 170 g/mol. The van der Waals surface area contributed by atoms with Gasteiger partial charge in [-0.3, -0.25) is 4.79 Å². The Balaban J connectivity index is 2.35. The summed E-state index contributed by atoms with van der Waals surface area (Å²) < 4.78 is 0. The highest BCUT2D eigenvalue weighted by molar-refractivity contribution is 5.81. The Labute approximate surface area is 73.9 Å². The molecule has 0 saturated carbocycles. The largest absolute Gasteiger partial charge is 0.355 e. The molecular weight excluding hydrogens is 152 g/mol. The van der Waals surface area contributed by atoms with Gasteiger partial charge in [-0.2, -0.15) is 0 Å². The average molecular weight is 170 g/mol. The molecule has 0 unspecified atom stereocenters. The highest BCUT2D eigenvalue weighted by Crippen LogP contribution is 2.11. The summed E-state index contributed by atoms with van der Waals surface area (Å²) in [5.74, 6) is 0.157. The standard InChI is InChI=1S/C9H18N2O/c1-3-10-9(12)8-6-4-5-7(2)11-8/h7-8,11H,3-6H2,1-2H3,(H,10,12)/t7-,8-/m1/s1. The molecule has 1 amide bonds. The number of likely N-dealkylation sites (N-methyl/N-ethyl adjacent to an activating group) is 1. The van der Waals surface area contributed by atoms with Crippen LogP contribution >= 0.6 is 0 Å². The SMILES string of the molecule is CCNC(=O)[C@H]1CCC[C@@H](C)N1. The number of hydrogen-bond acceptors (Lipinski definition) is 2. The number of carbonyl (C=O) groups is 1. The summed E-state index contributed by atoms with van der Waals surface area (Å²) in [6, 6.07) is 0.542. The fourth-order valence-corrected chi connectivity index (χ4v) is 1.64. The third-order valence-electron chi connectivity index (χ3n) is 2.28. The Morgan fingerprint density at radius 2 is 2.33 bits per heavy atom. The van der Waals surface area contributed by atoms with Gasteiger partial charge in [0.2, 0.25) is 5.91 Å². The van der Waals surface area contributed by atoms with Crippen molar-refractivity contribution >= 4 is 5.91 Å². The van der Waals surface area contributed by atoms with E-state index in [1.165, 1.54) is 6.42 Å². The molecule has 2 atom stereocenters. The van der Waals surface area contributed by atoms with Gasteiger partial charge < -0.3 is 10.6 Å². The Kier molecular flexibility index (Phi) is 3.53. The fourth-order valence-electron chi connectivity index (χ4n) is 1.64. The average Bonchev–Trinajstić information content (AvgIpc) is 2.05. The summed E-state index contributed by atoms with van der Waals surface area (Å²) in [7, 11) is 0. The molecule has 0 radical (unpaired) electrons. The van der Waals surface area contributed by atoms with Crippen molar-refractivity contribution in [2.75, 3.05) is 6.54 Å². The van der Waals surface area contributed by atoms with Crippen molar-refractivity contribution < 1.29 is 4.79 Å². The van der Waals surface area contributed by atoms with Gasteiger partial charge in [0.1, 0.15) is 0 Å². The van der Waals surface area contributed by atoms with Gasteiger partial charge in [0.05, 0.1) is 6.04 Å². The van der Waals surface area contributed by atoms with Crippen molar-refractivity contribution in [3.63, 3.8) is 0 Å². The second kappa shape index (κ2) is 4.45. The van der Waals surface area contributed by atoms with E-state index < -0.39 is 0 Å². The van der Waals surface area contributed by atoms with Gasteiger partial charge in [0, 0.05) is 12.6 Å². The molecule has 1 rings (SSSR count). The van der Waals surface area contributed by atoms with E-state index in [1.54, 1.807) is 0 Å². The maximum Gasteiger partial charge on any atom is 0.237 e. The number of carbonyl (C=O) groups excluding carboxylic acids is 1. The summed E-state index contributed by atoms with van der Waals surface area (Å²) in [4.78, 5) is 11.4. The lowest BCUT2D eigenvalue weighted by atomic mass is 9.99. The fraction of sp³-hybridized carbons (Fsp3) is 0.889. The van der Waals surface area contributed by atoms with E-state index in [9.17, 15) is 4.79 Å². The number of hydrogen-bond donors (Lipinski definition) is 2. The first-order chi connectivity index (χ1) is 5.74. The van der Waals surface area contributed by atoms with Crippen LogP contribution in [0.2, 0.25) is 0 Å². The van der Waals surface area contributed by atoms with Gasteiger partial charge in [-0.1, -0.05) is 0 Å². The minimum absolute atomic E-state index is 0.0497. The summed E-state index contributed by atoms with van der Waals surface area (Å²) in [5.41, 5.74) is 0. The topological polar surface area (TPSA) is 41.1 Å². The number of amides is 1. The molecule has 0 spiro atoms. The maximum absolute atomic E-state index is 11.4. The van der Waals surface area contributed by atoms with Crippen LogP contribution in [0.1, 0.15) is 33.1 Å². The minimum Gasteiger partial charge on any atom is -0.355 e. The second-order valence-corrected chi connectivity index (χ2v) is 3.45. The summed E-state index contributed by atoms with van der Waals surface area (Å²) in [6.45, 7) is 4.81. The van der Waals surface area contributed by atoms with Crippen LogP contribution in [0.25, 0.3) is 0 Å². The highest BCUT2D eigenvalue weighted by Gasteiger charge is 2.23. The number of piperidine rings is 1. The van der Waals surface area contributed by atoms with Gasteiger partial charge in [-0.15, -0.1) is 0 Å². The first-order valence-electron chi connectivity index (χ1n) is 4.77. The van der Waals surface area contributed by atoms with Crippen molar-refractivity contribution in [1.82, 2.24) is 10.6 Å². The predicted octanol–water partition coefficient (Wildman–Crippen LogP) is 0.653. The molecule has 70 valence electrons. The van der Waals surface area contributed by atoms with Crippen LogP contribution in [0.4, 0.5) is 0 Å². The Morgan fingerprint density at radius 1 is 1.58 bits per heavy atom. The van der Waals surface area contributed by atoms with E-state index in [1.807, 2.05) is 6.92 Å². The molecule has 1 fully saturated rings. The van der Waals surface area contributed by atoms with Gasteiger partial charge in [-0.05, 0) is 33.1 Å². The number of nitrogens with one attached hydrogen (secondary N) is 2.